The van der Waals surface area contributed by atoms with Crippen molar-refractivity contribution in [3.63, 3.8) is 0 Å². The van der Waals surface area contributed by atoms with Gasteiger partial charge in [0.25, 0.3) is 15.9 Å². The number of pyridine rings is 3. The maximum atomic E-state index is 13.4. The van der Waals surface area contributed by atoms with E-state index in [1.807, 2.05) is 12.1 Å². The summed E-state index contributed by atoms with van der Waals surface area (Å²) < 4.78 is 33.7. The Labute approximate surface area is 223 Å². The van der Waals surface area contributed by atoms with Crippen LogP contribution in [0.25, 0.3) is 11.3 Å². The van der Waals surface area contributed by atoms with Gasteiger partial charge in [-0.25, -0.2) is 19.7 Å². The summed E-state index contributed by atoms with van der Waals surface area (Å²) in [5.74, 6) is 0.844. The summed E-state index contributed by atoms with van der Waals surface area (Å²) in [5.41, 5.74) is 6.88. The predicted molar refractivity (Wildman–Crippen MR) is 146 cm³/mol. The van der Waals surface area contributed by atoms with E-state index >= 15 is 0 Å². The molecule has 1 amide bonds. The van der Waals surface area contributed by atoms with Crippen molar-refractivity contribution >= 4 is 27.6 Å². The lowest BCUT2D eigenvalue weighted by Crippen LogP contribution is -2.41. The normalized spacial score (nSPS) is 17.0. The first-order valence-corrected chi connectivity index (χ1v) is 14.0. The van der Waals surface area contributed by atoms with Crippen LogP contribution < -0.4 is 20.1 Å². The van der Waals surface area contributed by atoms with Crippen molar-refractivity contribution in [3.8, 4) is 17.1 Å². The van der Waals surface area contributed by atoms with E-state index in [4.69, 9.17) is 15.5 Å². The molecule has 11 heteroatoms. The smallest absolute Gasteiger partial charge is 0.281 e. The average Bonchev–Trinajstić information content (AvgIpc) is 3.13. The Balaban J connectivity index is 1.74. The molecule has 0 radical (unpaired) electrons. The van der Waals surface area contributed by atoms with Crippen LogP contribution in [0.3, 0.4) is 0 Å². The fourth-order valence-corrected chi connectivity index (χ4v) is 5.60. The lowest BCUT2D eigenvalue weighted by molar-refractivity contribution is 0.0981. The van der Waals surface area contributed by atoms with E-state index in [1.165, 1.54) is 18.2 Å². The molecule has 0 aliphatic carbocycles. The molecule has 1 fully saturated rings. The number of aromatic nitrogens is 3. The van der Waals surface area contributed by atoms with E-state index in [-0.39, 0.29) is 21.9 Å². The molecule has 0 bridgehead atoms. The van der Waals surface area contributed by atoms with Gasteiger partial charge in [0.05, 0.1) is 17.9 Å². The van der Waals surface area contributed by atoms with E-state index in [0.717, 1.165) is 12.0 Å². The van der Waals surface area contributed by atoms with Crippen molar-refractivity contribution in [2.24, 2.45) is 11.8 Å². The maximum absolute atomic E-state index is 13.4. The van der Waals surface area contributed by atoms with E-state index in [0.29, 0.717) is 42.4 Å². The van der Waals surface area contributed by atoms with Crippen LogP contribution >= 0.6 is 0 Å². The number of nitrogens with zero attached hydrogens (tertiary/aromatic N) is 4. The molecule has 3 aromatic rings. The topological polar surface area (TPSA) is 140 Å². The van der Waals surface area contributed by atoms with Crippen molar-refractivity contribution in [1.82, 2.24) is 19.7 Å². The van der Waals surface area contributed by atoms with E-state index in [9.17, 15) is 13.2 Å². The van der Waals surface area contributed by atoms with Gasteiger partial charge in [0.2, 0.25) is 5.88 Å². The number of hydrogen-bond acceptors (Lipinski definition) is 9. The Hall–Kier alpha value is -3.73. The largest absolute Gasteiger partial charge is 0.477 e. The van der Waals surface area contributed by atoms with Gasteiger partial charge in [0.15, 0.2) is 5.03 Å². The van der Waals surface area contributed by atoms with E-state index < -0.39 is 15.9 Å². The number of nitrogens with one attached hydrogen (secondary N) is 1. The summed E-state index contributed by atoms with van der Waals surface area (Å²) in [6.45, 7) is 11.6. The van der Waals surface area contributed by atoms with Crippen LogP contribution in [0.1, 0.15) is 51.4 Å². The summed E-state index contributed by atoms with van der Waals surface area (Å²) in [5, 5.41) is -0.335. The summed E-state index contributed by atoms with van der Waals surface area (Å²) in [6, 6.07) is 11.1. The van der Waals surface area contributed by atoms with Crippen molar-refractivity contribution in [2.75, 3.05) is 23.8 Å². The first-order chi connectivity index (χ1) is 17.9. The molecule has 202 valence electrons. The minimum Gasteiger partial charge on any atom is -0.477 e. The fraction of sp³-hybridized carbons (Fsp3) is 0.407. The SMILES string of the molecule is CC(C)COc1cc(-c2ccc(C(=O)NS(=O)(=O)c3cccc(N)n3)c(N3CC(C)CC3(C)C)n2)ccn1. The van der Waals surface area contributed by atoms with E-state index in [1.54, 1.807) is 18.3 Å². The van der Waals surface area contributed by atoms with Gasteiger partial charge in [-0.15, -0.1) is 0 Å². The third kappa shape index (κ3) is 6.04. The fourth-order valence-electron chi connectivity index (χ4n) is 4.66. The summed E-state index contributed by atoms with van der Waals surface area (Å²) in [6.07, 6.45) is 2.55. The van der Waals surface area contributed by atoms with Gasteiger partial charge in [-0.1, -0.05) is 26.8 Å². The van der Waals surface area contributed by atoms with Crippen molar-refractivity contribution in [2.45, 2.75) is 51.6 Å². The van der Waals surface area contributed by atoms with Crippen LogP contribution in [-0.4, -0.2) is 48.0 Å². The standard InChI is InChI=1S/C27H34N6O4S/c1-17(2)16-37-23-13-19(11-12-29-23)21-10-9-20(25(30-21)33-15-18(3)14-27(33,4)5)26(34)32-38(35,36)24-8-6-7-22(28)31-24/h6-13,17-18H,14-16H2,1-5H3,(H2,28,31)(H,32,34). The number of sulfonamides is 1. The number of rotatable bonds is 8. The van der Waals surface area contributed by atoms with Crippen molar-refractivity contribution < 1.29 is 17.9 Å². The third-order valence-corrected chi connectivity index (χ3v) is 7.52. The zero-order chi connectivity index (χ0) is 27.7. The predicted octanol–water partition coefficient (Wildman–Crippen LogP) is 3.90. The zero-order valence-corrected chi connectivity index (χ0v) is 23.1. The van der Waals surface area contributed by atoms with Crippen molar-refractivity contribution in [1.29, 1.82) is 0 Å². The van der Waals surface area contributed by atoms with E-state index in [2.05, 4.69) is 54.2 Å². The van der Waals surface area contributed by atoms with Gasteiger partial charge in [0, 0.05) is 29.9 Å². The van der Waals surface area contributed by atoms with Crippen LogP contribution in [0.2, 0.25) is 0 Å². The Morgan fingerprint density at radius 1 is 1.21 bits per heavy atom. The minimum absolute atomic E-state index is 0.0360. The van der Waals surface area contributed by atoms with Crippen LogP contribution in [0.15, 0.2) is 53.7 Å². The molecule has 3 N–H and O–H groups in total. The van der Waals surface area contributed by atoms with Crippen molar-refractivity contribution in [3.05, 3.63) is 54.2 Å². The van der Waals surface area contributed by atoms with Crippen LogP contribution in [0, 0.1) is 11.8 Å². The first-order valence-electron chi connectivity index (χ1n) is 12.5. The Morgan fingerprint density at radius 3 is 2.63 bits per heavy atom. The highest BCUT2D eigenvalue weighted by atomic mass is 32.2. The molecule has 1 aliphatic rings. The summed E-state index contributed by atoms with van der Waals surface area (Å²) >= 11 is 0. The highest BCUT2D eigenvalue weighted by molar-refractivity contribution is 7.90. The summed E-state index contributed by atoms with van der Waals surface area (Å²) in [4.78, 5) is 28.5. The van der Waals surface area contributed by atoms with Crippen LogP contribution in [-0.2, 0) is 10.0 Å². The van der Waals surface area contributed by atoms with Gasteiger partial charge in [-0.3, -0.25) is 4.79 Å². The molecular weight excluding hydrogens is 504 g/mol. The molecular formula is C27H34N6O4S. The number of ether oxygens (including phenoxy) is 1. The molecule has 3 aromatic heterocycles. The number of hydrogen-bond donors (Lipinski definition) is 2. The highest BCUT2D eigenvalue weighted by Gasteiger charge is 2.39. The number of amides is 1. The summed E-state index contributed by atoms with van der Waals surface area (Å²) in [7, 11) is -4.25. The number of carbonyl (C=O) groups excluding carboxylic acids is 1. The molecule has 4 rings (SSSR count). The quantitative estimate of drug-likeness (QED) is 0.437. The number of nitrogen functional groups attached to an aromatic ring is 1. The Bertz CT molecular complexity index is 1440. The van der Waals surface area contributed by atoms with Crippen LogP contribution in [0.4, 0.5) is 11.6 Å². The second-order valence-corrected chi connectivity index (χ2v) is 12.4. The minimum atomic E-state index is -4.25. The lowest BCUT2D eigenvalue weighted by atomic mass is 9.97. The molecule has 10 nitrogen and oxygen atoms in total. The Kier molecular flexibility index (Phi) is 7.59. The molecule has 1 atom stereocenters. The molecule has 1 aliphatic heterocycles. The molecule has 1 saturated heterocycles. The second-order valence-electron chi connectivity index (χ2n) is 10.7. The second kappa shape index (κ2) is 10.6. The van der Waals surface area contributed by atoms with Gasteiger partial charge in [0.1, 0.15) is 11.6 Å². The van der Waals surface area contributed by atoms with Crippen LogP contribution in [0.5, 0.6) is 5.88 Å². The average molecular weight is 539 g/mol. The van der Waals surface area contributed by atoms with Gasteiger partial charge < -0.3 is 15.4 Å². The van der Waals surface area contributed by atoms with Gasteiger partial charge in [-0.2, -0.15) is 8.42 Å². The molecule has 4 heterocycles. The Morgan fingerprint density at radius 2 is 1.97 bits per heavy atom. The third-order valence-electron chi connectivity index (χ3n) is 6.29. The highest BCUT2D eigenvalue weighted by Crippen LogP contribution is 2.38. The monoisotopic (exact) mass is 538 g/mol. The maximum Gasteiger partial charge on any atom is 0.281 e. The van der Waals surface area contributed by atoms with Gasteiger partial charge >= 0.3 is 0 Å². The first kappa shape index (κ1) is 27.3. The van der Waals surface area contributed by atoms with Gasteiger partial charge in [-0.05, 0) is 62.4 Å². The molecule has 1 unspecified atom stereocenters. The molecule has 0 spiro atoms. The zero-order valence-electron chi connectivity index (χ0n) is 22.3. The molecule has 0 aromatic carbocycles. The number of nitrogens with two attached hydrogens (primary N) is 1. The number of carbonyl (C=O) groups is 1. The number of anilines is 2. The molecule has 38 heavy (non-hydrogen) atoms. The lowest BCUT2D eigenvalue weighted by Gasteiger charge is -2.34. The molecule has 0 saturated carbocycles.